The second kappa shape index (κ2) is 11.7. The van der Waals surface area contributed by atoms with Gasteiger partial charge in [0.2, 0.25) is 5.91 Å². The summed E-state index contributed by atoms with van der Waals surface area (Å²) in [6.07, 6.45) is 4.72. The van der Waals surface area contributed by atoms with E-state index < -0.39 is 0 Å². The predicted octanol–water partition coefficient (Wildman–Crippen LogP) is 2.81. The number of aryl methyl sites for hydroxylation is 1. The topological polar surface area (TPSA) is 69.6 Å². The number of guanidine groups is 1. The van der Waals surface area contributed by atoms with Gasteiger partial charge in [0.05, 0.1) is 5.01 Å². The van der Waals surface area contributed by atoms with Gasteiger partial charge in [-0.05, 0) is 26.7 Å². The van der Waals surface area contributed by atoms with Crippen LogP contribution < -0.4 is 10.6 Å². The molecule has 1 aromatic heterocycles. The van der Waals surface area contributed by atoms with Crippen LogP contribution in [0.3, 0.4) is 0 Å². The SMILES string of the molecule is CCNC(=NCCc1ncc(C)s1)NC1CCN(C(=O)C(C)C)CC1.I. The van der Waals surface area contributed by atoms with Gasteiger partial charge >= 0.3 is 0 Å². The van der Waals surface area contributed by atoms with E-state index in [4.69, 9.17) is 0 Å². The first-order valence-electron chi connectivity index (χ1n) is 9.24. The van der Waals surface area contributed by atoms with Crippen LogP contribution in [0, 0.1) is 12.8 Å². The molecule has 0 unspecified atom stereocenters. The summed E-state index contributed by atoms with van der Waals surface area (Å²) in [5, 5.41) is 7.97. The van der Waals surface area contributed by atoms with Crippen LogP contribution in [-0.2, 0) is 11.2 Å². The maximum atomic E-state index is 12.1. The molecule has 0 saturated carbocycles. The molecule has 0 bridgehead atoms. The zero-order chi connectivity index (χ0) is 18.2. The number of halogens is 1. The molecular formula is C18H32IN5OS. The molecule has 2 N–H and O–H groups in total. The van der Waals surface area contributed by atoms with E-state index in [1.807, 2.05) is 24.9 Å². The number of aromatic nitrogens is 1. The Hall–Kier alpha value is -0.900. The van der Waals surface area contributed by atoms with Crippen molar-refractivity contribution >= 4 is 47.2 Å². The van der Waals surface area contributed by atoms with Gasteiger partial charge in [0.15, 0.2) is 5.96 Å². The molecule has 1 fully saturated rings. The Bertz CT molecular complexity index is 582. The Morgan fingerprint density at radius 1 is 1.42 bits per heavy atom. The molecule has 6 nitrogen and oxygen atoms in total. The van der Waals surface area contributed by atoms with Crippen LogP contribution in [0.5, 0.6) is 0 Å². The summed E-state index contributed by atoms with van der Waals surface area (Å²) in [4.78, 5) is 24.4. The number of hydrogen-bond donors (Lipinski definition) is 2. The van der Waals surface area contributed by atoms with E-state index in [0.717, 1.165) is 56.4 Å². The van der Waals surface area contributed by atoms with Crippen molar-refractivity contribution in [3.63, 3.8) is 0 Å². The minimum atomic E-state index is 0. The lowest BCUT2D eigenvalue weighted by Crippen LogP contribution is -2.50. The number of rotatable bonds is 6. The van der Waals surface area contributed by atoms with Crippen LogP contribution in [0.25, 0.3) is 0 Å². The summed E-state index contributed by atoms with van der Waals surface area (Å²) in [6, 6.07) is 0.371. The number of aliphatic imine (C=N–C) groups is 1. The number of piperidine rings is 1. The van der Waals surface area contributed by atoms with Crippen molar-refractivity contribution in [2.75, 3.05) is 26.2 Å². The summed E-state index contributed by atoms with van der Waals surface area (Å²) in [5.74, 6) is 1.21. The monoisotopic (exact) mass is 493 g/mol. The first-order valence-corrected chi connectivity index (χ1v) is 10.1. The molecule has 26 heavy (non-hydrogen) atoms. The highest BCUT2D eigenvalue weighted by Gasteiger charge is 2.24. The Kier molecular flexibility index (Phi) is 10.4. The minimum absolute atomic E-state index is 0. The second-order valence-electron chi connectivity index (χ2n) is 6.77. The minimum Gasteiger partial charge on any atom is -0.357 e. The highest BCUT2D eigenvalue weighted by atomic mass is 127. The maximum Gasteiger partial charge on any atom is 0.225 e. The van der Waals surface area contributed by atoms with Gasteiger partial charge in [0.1, 0.15) is 0 Å². The lowest BCUT2D eigenvalue weighted by molar-refractivity contribution is -0.135. The summed E-state index contributed by atoms with van der Waals surface area (Å²) >= 11 is 1.73. The number of nitrogens with one attached hydrogen (secondary N) is 2. The summed E-state index contributed by atoms with van der Waals surface area (Å²) < 4.78 is 0. The number of amides is 1. The van der Waals surface area contributed by atoms with Crippen LogP contribution in [0.4, 0.5) is 0 Å². The van der Waals surface area contributed by atoms with Crippen LogP contribution in [-0.4, -0.2) is 54.0 Å². The number of carbonyl (C=O) groups excluding carboxylic acids is 1. The standard InChI is InChI=1S/C18H31N5OS.HI/c1-5-19-18(20-9-6-16-21-12-14(4)25-16)22-15-7-10-23(11-8-15)17(24)13(2)3;/h12-13,15H,5-11H2,1-4H3,(H2,19,20,22);1H. The van der Waals surface area contributed by atoms with Crippen molar-refractivity contribution in [2.24, 2.45) is 10.9 Å². The van der Waals surface area contributed by atoms with Gasteiger partial charge in [-0.1, -0.05) is 13.8 Å². The summed E-state index contributed by atoms with van der Waals surface area (Å²) in [5.41, 5.74) is 0. The van der Waals surface area contributed by atoms with Crippen LogP contribution in [0.2, 0.25) is 0 Å². The van der Waals surface area contributed by atoms with E-state index in [1.165, 1.54) is 4.88 Å². The number of carbonyl (C=O) groups is 1. The third-order valence-electron chi connectivity index (χ3n) is 4.25. The molecule has 2 rings (SSSR count). The molecule has 0 aromatic carbocycles. The Morgan fingerprint density at radius 3 is 2.65 bits per heavy atom. The van der Waals surface area contributed by atoms with Crippen molar-refractivity contribution < 1.29 is 4.79 Å². The fourth-order valence-electron chi connectivity index (χ4n) is 2.90. The van der Waals surface area contributed by atoms with Crippen molar-refractivity contribution in [3.8, 4) is 0 Å². The van der Waals surface area contributed by atoms with E-state index in [1.54, 1.807) is 11.3 Å². The number of thiazole rings is 1. The van der Waals surface area contributed by atoms with Gasteiger partial charge in [0, 0.05) is 55.6 Å². The van der Waals surface area contributed by atoms with E-state index in [9.17, 15) is 4.79 Å². The molecule has 1 saturated heterocycles. The molecular weight excluding hydrogens is 461 g/mol. The van der Waals surface area contributed by atoms with Crippen LogP contribution in [0.1, 0.15) is 43.5 Å². The van der Waals surface area contributed by atoms with Crippen molar-refractivity contribution in [1.82, 2.24) is 20.5 Å². The molecule has 0 atom stereocenters. The average Bonchev–Trinajstić information content (AvgIpc) is 3.00. The first-order chi connectivity index (χ1) is 12.0. The zero-order valence-corrected chi connectivity index (χ0v) is 19.4. The predicted molar refractivity (Wildman–Crippen MR) is 120 cm³/mol. The molecule has 0 spiro atoms. The molecule has 0 radical (unpaired) electrons. The van der Waals surface area contributed by atoms with E-state index >= 15 is 0 Å². The highest BCUT2D eigenvalue weighted by Crippen LogP contribution is 2.14. The van der Waals surface area contributed by atoms with Gasteiger partial charge in [0.25, 0.3) is 0 Å². The average molecular weight is 493 g/mol. The normalized spacial score (nSPS) is 15.7. The first kappa shape index (κ1) is 23.1. The molecule has 2 heterocycles. The van der Waals surface area contributed by atoms with Crippen LogP contribution in [0.15, 0.2) is 11.2 Å². The third-order valence-corrected chi connectivity index (χ3v) is 5.22. The molecule has 1 aliphatic rings. The van der Waals surface area contributed by atoms with Gasteiger partial charge in [-0.3, -0.25) is 9.79 Å². The van der Waals surface area contributed by atoms with Gasteiger partial charge in [-0.15, -0.1) is 35.3 Å². The zero-order valence-electron chi connectivity index (χ0n) is 16.2. The van der Waals surface area contributed by atoms with Gasteiger partial charge in [-0.2, -0.15) is 0 Å². The number of hydrogen-bond acceptors (Lipinski definition) is 4. The fourth-order valence-corrected chi connectivity index (χ4v) is 3.68. The molecule has 148 valence electrons. The molecule has 0 aliphatic carbocycles. The fraction of sp³-hybridized carbons (Fsp3) is 0.722. The van der Waals surface area contributed by atoms with Gasteiger partial charge < -0.3 is 15.5 Å². The van der Waals surface area contributed by atoms with Crippen molar-refractivity contribution in [3.05, 3.63) is 16.1 Å². The van der Waals surface area contributed by atoms with Gasteiger partial charge in [-0.25, -0.2) is 4.98 Å². The number of likely N-dealkylation sites (tertiary alicyclic amines) is 1. The smallest absolute Gasteiger partial charge is 0.225 e. The second-order valence-corrected chi connectivity index (χ2v) is 8.09. The highest BCUT2D eigenvalue weighted by molar-refractivity contribution is 14.0. The lowest BCUT2D eigenvalue weighted by atomic mass is 10.0. The summed E-state index contributed by atoms with van der Waals surface area (Å²) in [7, 11) is 0. The van der Waals surface area contributed by atoms with Crippen LogP contribution >= 0.6 is 35.3 Å². The third kappa shape index (κ3) is 7.38. The largest absolute Gasteiger partial charge is 0.357 e. The Morgan fingerprint density at radius 2 is 2.12 bits per heavy atom. The quantitative estimate of drug-likeness (QED) is 0.364. The maximum absolute atomic E-state index is 12.1. The van der Waals surface area contributed by atoms with Crippen molar-refractivity contribution in [1.29, 1.82) is 0 Å². The molecule has 1 aliphatic heterocycles. The molecule has 1 aromatic rings. The van der Waals surface area contributed by atoms with Crippen molar-refractivity contribution in [2.45, 2.75) is 53.0 Å². The molecule has 1 amide bonds. The van der Waals surface area contributed by atoms with E-state index in [0.29, 0.717) is 6.04 Å². The number of nitrogens with zero attached hydrogens (tertiary/aromatic N) is 3. The molecule has 8 heteroatoms. The van der Waals surface area contributed by atoms with E-state index in [-0.39, 0.29) is 35.8 Å². The van der Waals surface area contributed by atoms with E-state index in [2.05, 4.69) is 34.5 Å². The lowest BCUT2D eigenvalue weighted by Gasteiger charge is -2.34. The Labute approximate surface area is 178 Å². The Balaban J connectivity index is 0.00000338. The summed E-state index contributed by atoms with van der Waals surface area (Å²) in [6.45, 7) is 11.3.